The van der Waals surface area contributed by atoms with Crippen LogP contribution in [0.1, 0.15) is 20.3 Å². The second-order valence-corrected chi connectivity index (χ2v) is 1.88. The van der Waals surface area contributed by atoms with Crippen LogP contribution in [0.3, 0.4) is 0 Å². The molecule has 0 radical (unpaired) electrons. The van der Waals surface area contributed by atoms with Gasteiger partial charge in [-0.1, -0.05) is 13.8 Å². The standard InChI is InChI=1S/C7H16N.CH3.Zn/c1-4-7-8(5-2)6-3;;/h1,4-7H2,2-3H3;1H3;/q2*-1;+2. The van der Waals surface area contributed by atoms with Crippen molar-refractivity contribution in [3.63, 3.8) is 0 Å². The average Bonchev–Trinajstić information content (AvgIpc) is 1.83. The summed E-state index contributed by atoms with van der Waals surface area (Å²) in [6.07, 6.45) is 1.03. The Kier molecular flexibility index (Phi) is 20.8. The topological polar surface area (TPSA) is 3.24 Å². The molecule has 0 rings (SSSR count). The number of rotatable bonds is 4. The normalized spacial score (nSPS) is 8.40. The van der Waals surface area contributed by atoms with Gasteiger partial charge in [-0.25, -0.2) is 0 Å². The van der Waals surface area contributed by atoms with E-state index in [4.69, 9.17) is 0 Å². The third-order valence-electron chi connectivity index (χ3n) is 1.37. The maximum absolute atomic E-state index is 3.78. The Morgan fingerprint density at radius 2 is 1.60 bits per heavy atom. The van der Waals surface area contributed by atoms with Gasteiger partial charge in [-0.2, -0.15) is 6.42 Å². The SMILES string of the molecule is [CH2-]CCN(CC)CC.[CH3-].[Zn+2]. The molecule has 0 aliphatic heterocycles. The second kappa shape index (κ2) is 12.3. The van der Waals surface area contributed by atoms with Gasteiger partial charge in [0.2, 0.25) is 0 Å². The van der Waals surface area contributed by atoms with Crippen molar-refractivity contribution < 1.29 is 19.5 Å². The summed E-state index contributed by atoms with van der Waals surface area (Å²) in [5.74, 6) is 0. The molecular weight excluding hydrogens is 175 g/mol. The molecule has 0 aliphatic rings. The van der Waals surface area contributed by atoms with Crippen LogP contribution >= 0.6 is 0 Å². The van der Waals surface area contributed by atoms with Gasteiger partial charge < -0.3 is 19.3 Å². The van der Waals surface area contributed by atoms with E-state index in [-0.39, 0.29) is 26.9 Å². The Morgan fingerprint density at radius 1 is 1.20 bits per heavy atom. The molecule has 0 amide bonds. The molecule has 2 heteroatoms. The Hall–Kier alpha value is 0.583. The van der Waals surface area contributed by atoms with Crippen LogP contribution in [0.4, 0.5) is 0 Å². The molecular formula is C8H19NZn. The van der Waals surface area contributed by atoms with E-state index in [1.54, 1.807) is 0 Å². The van der Waals surface area contributed by atoms with Crippen LogP contribution in [0.2, 0.25) is 0 Å². The van der Waals surface area contributed by atoms with Crippen LogP contribution in [0.5, 0.6) is 0 Å². The van der Waals surface area contributed by atoms with Gasteiger partial charge in [0.05, 0.1) is 0 Å². The fraction of sp³-hybridized carbons (Fsp3) is 0.750. The molecule has 10 heavy (non-hydrogen) atoms. The predicted molar refractivity (Wildman–Crippen MR) is 44.2 cm³/mol. The monoisotopic (exact) mass is 193 g/mol. The van der Waals surface area contributed by atoms with Crippen molar-refractivity contribution in [2.75, 3.05) is 19.6 Å². The Morgan fingerprint density at radius 3 is 1.70 bits per heavy atom. The molecule has 0 bridgehead atoms. The Labute approximate surface area is 78.9 Å². The molecule has 0 N–H and O–H groups in total. The molecule has 0 aliphatic carbocycles. The van der Waals surface area contributed by atoms with Crippen molar-refractivity contribution in [3.05, 3.63) is 14.4 Å². The first-order valence-electron chi connectivity index (χ1n) is 3.36. The first-order valence-corrected chi connectivity index (χ1v) is 3.36. The summed E-state index contributed by atoms with van der Waals surface area (Å²) in [7, 11) is 0. The van der Waals surface area contributed by atoms with Crippen molar-refractivity contribution in [2.45, 2.75) is 20.3 Å². The minimum Gasteiger partial charge on any atom is -0.358 e. The van der Waals surface area contributed by atoms with Crippen molar-refractivity contribution in [3.8, 4) is 0 Å². The summed E-state index contributed by atoms with van der Waals surface area (Å²) in [5.41, 5.74) is 0. The first kappa shape index (κ1) is 16.9. The Bertz CT molecular complexity index is 44.5. The zero-order chi connectivity index (χ0) is 6.41. The average molecular weight is 195 g/mol. The predicted octanol–water partition coefficient (Wildman–Crippen LogP) is 2.00. The van der Waals surface area contributed by atoms with E-state index in [1.807, 2.05) is 0 Å². The van der Waals surface area contributed by atoms with Crippen molar-refractivity contribution in [1.29, 1.82) is 0 Å². The van der Waals surface area contributed by atoms with Gasteiger partial charge in [0.15, 0.2) is 0 Å². The van der Waals surface area contributed by atoms with Gasteiger partial charge in [0.25, 0.3) is 0 Å². The smallest absolute Gasteiger partial charge is 0.358 e. The van der Waals surface area contributed by atoms with Crippen molar-refractivity contribution >= 4 is 0 Å². The fourth-order valence-corrected chi connectivity index (χ4v) is 0.763. The summed E-state index contributed by atoms with van der Waals surface area (Å²) in [6, 6.07) is 0. The van der Waals surface area contributed by atoms with E-state index in [2.05, 4.69) is 25.7 Å². The molecule has 0 unspecified atom stereocenters. The maximum Gasteiger partial charge on any atom is 2.00 e. The third kappa shape index (κ3) is 8.58. The molecule has 0 saturated heterocycles. The van der Waals surface area contributed by atoms with Crippen LogP contribution in [0.15, 0.2) is 0 Å². The summed E-state index contributed by atoms with van der Waals surface area (Å²) in [4.78, 5) is 2.37. The first-order chi connectivity index (χ1) is 3.85. The van der Waals surface area contributed by atoms with Gasteiger partial charge in [0.1, 0.15) is 0 Å². The van der Waals surface area contributed by atoms with Crippen LogP contribution < -0.4 is 0 Å². The van der Waals surface area contributed by atoms with E-state index in [1.165, 1.54) is 0 Å². The number of hydrogen-bond donors (Lipinski definition) is 0. The van der Waals surface area contributed by atoms with Crippen molar-refractivity contribution in [2.24, 2.45) is 0 Å². The van der Waals surface area contributed by atoms with E-state index >= 15 is 0 Å². The molecule has 0 saturated carbocycles. The summed E-state index contributed by atoms with van der Waals surface area (Å²) in [5, 5.41) is 0. The largest absolute Gasteiger partial charge is 2.00 e. The fourth-order valence-electron chi connectivity index (χ4n) is 0.763. The van der Waals surface area contributed by atoms with Gasteiger partial charge >= 0.3 is 19.5 Å². The molecule has 0 atom stereocenters. The zero-order valence-corrected chi connectivity index (χ0v) is 10.7. The Balaban J connectivity index is -0.000000245. The molecule has 58 valence electrons. The van der Waals surface area contributed by atoms with Gasteiger partial charge in [0, 0.05) is 0 Å². The summed E-state index contributed by atoms with van der Waals surface area (Å²) in [6.45, 7) is 11.6. The zero-order valence-electron chi connectivity index (χ0n) is 7.69. The second-order valence-electron chi connectivity index (χ2n) is 1.88. The van der Waals surface area contributed by atoms with Gasteiger partial charge in [-0.3, -0.25) is 0 Å². The van der Waals surface area contributed by atoms with E-state index in [0.29, 0.717) is 0 Å². The van der Waals surface area contributed by atoms with Gasteiger partial charge in [-0.05, 0) is 19.6 Å². The summed E-state index contributed by atoms with van der Waals surface area (Å²) >= 11 is 0. The minimum atomic E-state index is 0. The van der Waals surface area contributed by atoms with Crippen LogP contribution in [0, 0.1) is 14.4 Å². The third-order valence-corrected chi connectivity index (χ3v) is 1.37. The van der Waals surface area contributed by atoms with Gasteiger partial charge in [-0.15, -0.1) is 0 Å². The number of nitrogens with zero attached hydrogens (tertiary/aromatic N) is 1. The molecule has 1 nitrogen and oxygen atoms in total. The van der Waals surface area contributed by atoms with E-state index < -0.39 is 0 Å². The van der Waals surface area contributed by atoms with Crippen LogP contribution in [0.25, 0.3) is 0 Å². The summed E-state index contributed by atoms with van der Waals surface area (Å²) < 4.78 is 0. The molecule has 0 aromatic rings. The maximum atomic E-state index is 3.78. The molecule has 0 aromatic carbocycles. The molecule has 0 spiro atoms. The molecule has 0 aromatic heterocycles. The molecule has 0 heterocycles. The van der Waals surface area contributed by atoms with Crippen LogP contribution in [-0.4, -0.2) is 24.5 Å². The van der Waals surface area contributed by atoms with E-state index in [0.717, 1.165) is 26.1 Å². The number of hydrogen-bond acceptors (Lipinski definition) is 1. The minimum absolute atomic E-state index is 0. The van der Waals surface area contributed by atoms with Crippen LogP contribution in [-0.2, 0) is 19.5 Å². The van der Waals surface area contributed by atoms with E-state index in [9.17, 15) is 0 Å². The quantitative estimate of drug-likeness (QED) is 0.489. The van der Waals surface area contributed by atoms with Crippen molar-refractivity contribution in [1.82, 2.24) is 4.90 Å². The molecule has 0 fully saturated rings.